The molecular formula is C87H170O17P2. The molecule has 0 saturated heterocycles. The summed E-state index contributed by atoms with van der Waals surface area (Å²) in [4.78, 5) is 73.2. The number of aliphatic hydroxyl groups excluding tert-OH is 1. The molecule has 0 fully saturated rings. The summed E-state index contributed by atoms with van der Waals surface area (Å²) in [6, 6.07) is 0. The molecule has 0 spiro atoms. The van der Waals surface area contributed by atoms with E-state index in [4.69, 9.17) is 37.0 Å². The van der Waals surface area contributed by atoms with E-state index in [9.17, 15) is 43.2 Å². The van der Waals surface area contributed by atoms with Crippen LogP contribution in [0.2, 0.25) is 0 Å². The highest BCUT2D eigenvalue weighted by atomic mass is 31.2. The molecule has 2 unspecified atom stereocenters. The molecule has 630 valence electrons. The molecule has 0 saturated carbocycles. The maximum atomic E-state index is 13.2. The molecule has 0 bridgehead atoms. The van der Waals surface area contributed by atoms with Gasteiger partial charge in [0.2, 0.25) is 0 Å². The SMILES string of the molecule is CCCCCCCCCCCCCCCCCCCCCCCCC(=O)O[C@H](COC(=O)CCCCCCCCCCCCCCCCCCC(C)C)COP(=O)(O)OC[C@@H](O)COP(=O)(O)OC[C@@H](COC(=O)CCCCCCCCCCCC)OC(=O)CCCCCCCCCCCCCCCCC. The Morgan fingerprint density at radius 1 is 0.255 bits per heavy atom. The lowest BCUT2D eigenvalue weighted by Crippen LogP contribution is -2.30. The summed E-state index contributed by atoms with van der Waals surface area (Å²) >= 11 is 0. The normalized spacial score (nSPS) is 13.7. The number of rotatable bonds is 87. The van der Waals surface area contributed by atoms with Gasteiger partial charge in [-0.3, -0.25) is 37.3 Å². The molecule has 17 nitrogen and oxygen atoms in total. The van der Waals surface area contributed by atoms with Crippen LogP contribution in [0.15, 0.2) is 0 Å². The standard InChI is InChI=1S/C87H170O17P2/c1-6-9-12-15-18-21-24-26-28-29-30-31-32-33-34-40-44-48-53-58-63-68-73-87(92)104-83(77-98-85(90)71-66-61-56-51-46-42-39-36-35-38-41-45-49-54-59-64-69-80(4)5)79-102-106(95,96)100-75-81(88)74-99-105(93,94)101-78-82(76-97-84(89)70-65-60-55-50-23-20-17-14-11-8-3)103-86(91)72-67-62-57-52-47-43-37-27-25-22-19-16-13-10-7-2/h80-83,88H,6-79H2,1-5H3,(H,93,94)(H,95,96)/t81-,82+,83+/m0/s1. The van der Waals surface area contributed by atoms with Crippen molar-refractivity contribution in [2.75, 3.05) is 39.6 Å². The fourth-order valence-electron chi connectivity index (χ4n) is 13.6. The highest BCUT2D eigenvalue weighted by Gasteiger charge is 2.30. The lowest BCUT2D eigenvalue weighted by atomic mass is 10.0. The molecule has 0 aliphatic rings. The summed E-state index contributed by atoms with van der Waals surface area (Å²) in [5.74, 6) is -1.29. The van der Waals surface area contributed by atoms with Crippen LogP contribution in [0.4, 0.5) is 0 Å². The zero-order valence-electron chi connectivity index (χ0n) is 69.6. The average molecular weight is 1550 g/mol. The number of aliphatic hydroxyl groups is 1. The molecule has 0 rings (SSSR count). The third kappa shape index (κ3) is 80.1. The van der Waals surface area contributed by atoms with Crippen LogP contribution >= 0.6 is 15.6 Å². The van der Waals surface area contributed by atoms with Gasteiger partial charge in [-0.05, 0) is 31.6 Å². The summed E-state index contributed by atoms with van der Waals surface area (Å²) in [5, 5.41) is 10.7. The molecule has 0 aliphatic heterocycles. The van der Waals surface area contributed by atoms with Crippen LogP contribution in [0.25, 0.3) is 0 Å². The van der Waals surface area contributed by atoms with Crippen molar-refractivity contribution in [2.45, 2.75) is 490 Å². The Labute approximate surface area is 651 Å². The fourth-order valence-corrected chi connectivity index (χ4v) is 15.2. The van der Waals surface area contributed by atoms with E-state index in [2.05, 4.69) is 34.6 Å². The summed E-state index contributed by atoms with van der Waals surface area (Å²) in [6.45, 7) is 7.39. The molecule has 106 heavy (non-hydrogen) atoms. The molecule has 0 radical (unpaired) electrons. The Bertz CT molecular complexity index is 2010. The molecule has 0 amide bonds. The fraction of sp³-hybridized carbons (Fsp3) is 0.954. The Morgan fingerprint density at radius 2 is 0.434 bits per heavy atom. The van der Waals surface area contributed by atoms with Crippen molar-refractivity contribution in [1.29, 1.82) is 0 Å². The lowest BCUT2D eigenvalue weighted by Gasteiger charge is -2.21. The van der Waals surface area contributed by atoms with Crippen molar-refractivity contribution in [1.82, 2.24) is 0 Å². The number of phosphoric ester groups is 2. The number of ether oxygens (including phenoxy) is 4. The first-order valence-corrected chi connectivity index (χ1v) is 48.1. The Hall–Kier alpha value is -1.94. The topological polar surface area (TPSA) is 237 Å². The van der Waals surface area contributed by atoms with Crippen LogP contribution in [0.3, 0.4) is 0 Å². The summed E-state index contributed by atoms with van der Waals surface area (Å²) in [5.41, 5.74) is 0. The van der Waals surface area contributed by atoms with E-state index in [-0.39, 0.29) is 25.7 Å². The molecule has 19 heteroatoms. The van der Waals surface area contributed by atoms with Gasteiger partial charge in [-0.2, -0.15) is 0 Å². The molecule has 0 heterocycles. The number of esters is 4. The maximum Gasteiger partial charge on any atom is 0.472 e. The molecule has 3 N–H and O–H groups in total. The van der Waals surface area contributed by atoms with E-state index in [1.165, 1.54) is 295 Å². The van der Waals surface area contributed by atoms with Crippen molar-refractivity contribution in [3.05, 3.63) is 0 Å². The predicted molar refractivity (Wildman–Crippen MR) is 437 cm³/mol. The molecule has 0 aromatic heterocycles. The van der Waals surface area contributed by atoms with Gasteiger partial charge in [0.25, 0.3) is 0 Å². The summed E-state index contributed by atoms with van der Waals surface area (Å²) in [7, 11) is -9.93. The van der Waals surface area contributed by atoms with Gasteiger partial charge in [-0.15, -0.1) is 0 Å². The first-order valence-electron chi connectivity index (χ1n) is 45.1. The van der Waals surface area contributed by atoms with Crippen LogP contribution in [0, 0.1) is 5.92 Å². The number of hydrogen-bond donors (Lipinski definition) is 3. The smallest absolute Gasteiger partial charge is 0.462 e. The first kappa shape index (κ1) is 104. The third-order valence-corrected chi connectivity index (χ3v) is 22.4. The zero-order valence-corrected chi connectivity index (χ0v) is 71.4. The third-order valence-electron chi connectivity index (χ3n) is 20.5. The van der Waals surface area contributed by atoms with Gasteiger partial charge in [0, 0.05) is 25.7 Å². The zero-order chi connectivity index (χ0) is 77.6. The predicted octanol–water partition coefficient (Wildman–Crippen LogP) is 26.8. The first-order chi connectivity index (χ1) is 51.5. The highest BCUT2D eigenvalue weighted by Crippen LogP contribution is 2.45. The average Bonchev–Trinajstić information content (AvgIpc) is 0.905. The van der Waals surface area contributed by atoms with Gasteiger partial charge >= 0.3 is 39.5 Å². The Balaban J connectivity index is 5.21. The van der Waals surface area contributed by atoms with E-state index in [0.29, 0.717) is 25.7 Å². The van der Waals surface area contributed by atoms with Gasteiger partial charge in [0.05, 0.1) is 26.4 Å². The van der Waals surface area contributed by atoms with E-state index in [0.717, 1.165) is 95.8 Å². The molecule has 0 aromatic carbocycles. The van der Waals surface area contributed by atoms with Crippen molar-refractivity contribution in [2.24, 2.45) is 5.92 Å². The van der Waals surface area contributed by atoms with Gasteiger partial charge < -0.3 is 33.8 Å². The van der Waals surface area contributed by atoms with E-state index < -0.39 is 97.5 Å². The van der Waals surface area contributed by atoms with Crippen LogP contribution in [-0.2, 0) is 65.4 Å². The summed E-state index contributed by atoms with van der Waals surface area (Å²) in [6.07, 6.45) is 73.6. The van der Waals surface area contributed by atoms with Crippen LogP contribution in [0.5, 0.6) is 0 Å². The minimum Gasteiger partial charge on any atom is -0.462 e. The van der Waals surface area contributed by atoms with E-state index in [1.807, 2.05) is 0 Å². The number of phosphoric acid groups is 2. The Morgan fingerprint density at radius 3 is 0.642 bits per heavy atom. The maximum absolute atomic E-state index is 13.2. The van der Waals surface area contributed by atoms with Crippen molar-refractivity contribution < 1.29 is 80.2 Å². The molecular weight excluding hydrogens is 1380 g/mol. The van der Waals surface area contributed by atoms with Crippen molar-refractivity contribution in [3.8, 4) is 0 Å². The van der Waals surface area contributed by atoms with E-state index in [1.54, 1.807) is 0 Å². The van der Waals surface area contributed by atoms with Crippen molar-refractivity contribution in [3.63, 3.8) is 0 Å². The number of hydrogen-bond acceptors (Lipinski definition) is 15. The van der Waals surface area contributed by atoms with Crippen molar-refractivity contribution >= 4 is 39.5 Å². The minimum atomic E-state index is -4.97. The number of carbonyl (C=O) groups excluding carboxylic acids is 4. The Kier molecular flexibility index (Phi) is 78.2. The van der Waals surface area contributed by atoms with E-state index >= 15 is 0 Å². The van der Waals surface area contributed by atoms with Crippen LogP contribution in [-0.4, -0.2) is 96.7 Å². The molecule has 0 aromatic rings. The minimum absolute atomic E-state index is 0.109. The van der Waals surface area contributed by atoms with Crippen LogP contribution in [0.1, 0.15) is 471 Å². The number of carbonyl (C=O) groups is 4. The second kappa shape index (κ2) is 79.7. The second-order valence-corrected chi connectivity index (χ2v) is 34.7. The molecule has 0 aliphatic carbocycles. The molecule has 5 atom stereocenters. The van der Waals surface area contributed by atoms with Gasteiger partial charge in [-0.1, -0.05) is 420 Å². The van der Waals surface area contributed by atoms with Crippen LogP contribution < -0.4 is 0 Å². The quantitative estimate of drug-likeness (QED) is 0.0222. The van der Waals surface area contributed by atoms with Gasteiger partial charge in [0.15, 0.2) is 12.2 Å². The summed E-state index contributed by atoms with van der Waals surface area (Å²) < 4.78 is 68.9. The van der Waals surface area contributed by atoms with Gasteiger partial charge in [0.1, 0.15) is 19.3 Å². The lowest BCUT2D eigenvalue weighted by molar-refractivity contribution is -0.161. The monoisotopic (exact) mass is 1550 g/mol. The largest absolute Gasteiger partial charge is 0.472 e. The number of unbranched alkanes of at least 4 members (excludes halogenated alkanes) is 59. The highest BCUT2D eigenvalue weighted by molar-refractivity contribution is 7.47. The second-order valence-electron chi connectivity index (χ2n) is 31.8. The van der Waals surface area contributed by atoms with Gasteiger partial charge in [-0.25, -0.2) is 9.13 Å².